The molecule has 2 aromatic rings. The highest BCUT2D eigenvalue weighted by molar-refractivity contribution is 7.89. The number of nitrogens with one attached hydrogen (secondary N) is 1. The van der Waals surface area contributed by atoms with Crippen LogP contribution in [0.3, 0.4) is 0 Å². The lowest BCUT2D eigenvalue weighted by Crippen LogP contribution is -2.12. The number of anilines is 1. The Morgan fingerprint density at radius 2 is 1.57 bits per heavy atom. The first kappa shape index (κ1) is 15.4. The van der Waals surface area contributed by atoms with Crippen LogP contribution in [0.2, 0.25) is 0 Å². The Morgan fingerprint density at radius 3 is 2.05 bits per heavy atom. The van der Waals surface area contributed by atoms with Gasteiger partial charge < -0.3 is 5.32 Å². The summed E-state index contributed by atoms with van der Waals surface area (Å²) >= 11 is 0. The predicted octanol–water partition coefficient (Wildman–Crippen LogP) is 2.79. The molecule has 0 fully saturated rings. The summed E-state index contributed by atoms with van der Waals surface area (Å²) in [5.74, 6) is -1.34. The molecule has 0 heterocycles. The molecular weight excluding hydrogens is 298 g/mol. The molecule has 0 amide bonds. The fraction of sp³-hybridized carbons (Fsp3) is 0.143. The molecule has 0 aliphatic heterocycles. The summed E-state index contributed by atoms with van der Waals surface area (Å²) in [6.45, 7) is 1.79. The van der Waals surface area contributed by atoms with Gasteiger partial charge in [-0.3, -0.25) is 0 Å². The van der Waals surface area contributed by atoms with Crippen molar-refractivity contribution in [3.63, 3.8) is 0 Å². The van der Waals surface area contributed by atoms with Gasteiger partial charge in [0.05, 0.1) is 4.90 Å². The molecule has 21 heavy (non-hydrogen) atoms. The number of hydrogen-bond acceptors (Lipinski definition) is 3. The van der Waals surface area contributed by atoms with Crippen LogP contribution < -0.4 is 10.5 Å². The Kier molecular flexibility index (Phi) is 4.24. The van der Waals surface area contributed by atoms with Crippen LogP contribution in [-0.2, 0) is 10.0 Å². The second-order valence-corrected chi connectivity index (χ2v) is 6.20. The summed E-state index contributed by atoms with van der Waals surface area (Å²) in [4.78, 5) is 0.00949. The molecule has 1 unspecified atom stereocenters. The third kappa shape index (κ3) is 3.99. The van der Waals surface area contributed by atoms with Crippen LogP contribution in [0.1, 0.15) is 18.5 Å². The van der Waals surface area contributed by atoms with Crippen molar-refractivity contribution < 1.29 is 17.2 Å². The highest BCUT2D eigenvalue weighted by Gasteiger charge is 2.10. The van der Waals surface area contributed by atoms with E-state index in [1.165, 1.54) is 24.3 Å². The van der Waals surface area contributed by atoms with E-state index in [2.05, 4.69) is 5.32 Å². The van der Waals surface area contributed by atoms with Gasteiger partial charge in [0.1, 0.15) is 11.6 Å². The minimum atomic E-state index is -3.73. The Bertz CT molecular complexity index is 726. The summed E-state index contributed by atoms with van der Waals surface area (Å²) in [6.07, 6.45) is 0. The molecule has 7 heteroatoms. The highest BCUT2D eigenvalue weighted by Crippen LogP contribution is 2.22. The predicted molar refractivity (Wildman–Crippen MR) is 76.2 cm³/mol. The molecule has 3 N–H and O–H groups in total. The first-order chi connectivity index (χ1) is 9.75. The quantitative estimate of drug-likeness (QED) is 0.912. The second-order valence-electron chi connectivity index (χ2n) is 4.64. The van der Waals surface area contributed by atoms with Gasteiger partial charge in [-0.15, -0.1) is 0 Å². The van der Waals surface area contributed by atoms with Gasteiger partial charge in [0.15, 0.2) is 0 Å². The SMILES string of the molecule is CC(Nc1cc(F)cc(F)c1)c1ccc(S(N)(=O)=O)cc1. The van der Waals surface area contributed by atoms with E-state index in [0.717, 1.165) is 11.6 Å². The Morgan fingerprint density at radius 1 is 1.05 bits per heavy atom. The van der Waals surface area contributed by atoms with E-state index < -0.39 is 21.7 Å². The fourth-order valence-corrected chi connectivity index (χ4v) is 2.43. The molecule has 0 spiro atoms. The van der Waals surface area contributed by atoms with Gasteiger partial charge in [0.25, 0.3) is 0 Å². The van der Waals surface area contributed by atoms with Crippen molar-refractivity contribution >= 4 is 15.7 Å². The Balaban J connectivity index is 2.18. The molecule has 0 saturated heterocycles. The van der Waals surface area contributed by atoms with Crippen molar-refractivity contribution in [2.45, 2.75) is 17.9 Å². The molecule has 0 aromatic heterocycles. The first-order valence-electron chi connectivity index (χ1n) is 6.11. The maximum absolute atomic E-state index is 13.1. The van der Waals surface area contributed by atoms with E-state index in [4.69, 9.17) is 5.14 Å². The minimum Gasteiger partial charge on any atom is -0.378 e. The van der Waals surface area contributed by atoms with E-state index in [1.54, 1.807) is 19.1 Å². The molecule has 112 valence electrons. The standard InChI is InChI=1S/C14H14F2N2O2S/c1-9(18-13-7-11(15)6-12(16)8-13)10-2-4-14(5-3-10)21(17,19)20/h2-9,18H,1H3,(H2,17,19,20). The van der Waals surface area contributed by atoms with Crippen LogP contribution in [0.4, 0.5) is 14.5 Å². The number of nitrogens with two attached hydrogens (primary N) is 1. The Hall–Kier alpha value is -1.99. The summed E-state index contributed by atoms with van der Waals surface area (Å²) in [5, 5.41) is 7.95. The van der Waals surface area contributed by atoms with E-state index in [9.17, 15) is 17.2 Å². The zero-order valence-electron chi connectivity index (χ0n) is 11.2. The normalized spacial score (nSPS) is 13.0. The smallest absolute Gasteiger partial charge is 0.238 e. The zero-order valence-corrected chi connectivity index (χ0v) is 12.0. The lowest BCUT2D eigenvalue weighted by molar-refractivity contribution is 0.583. The third-order valence-corrected chi connectivity index (χ3v) is 3.88. The first-order valence-corrected chi connectivity index (χ1v) is 7.66. The third-order valence-electron chi connectivity index (χ3n) is 2.95. The average molecular weight is 312 g/mol. The highest BCUT2D eigenvalue weighted by atomic mass is 32.2. The average Bonchev–Trinajstić information content (AvgIpc) is 2.36. The monoisotopic (exact) mass is 312 g/mol. The molecule has 1 atom stereocenters. The van der Waals surface area contributed by atoms with Gasteiger partial charge in [0, 0.05) is 17.8 Å². The van der Waals surface area contributed by atoms with E-state index in [-0.39, 0.29) is 10.9 Å². The summed E-state index contributed by atoms with van der Waals surface area (Å²) in [5.41, 5.74) is 1.06. The second kappa shape index (κ2) is 5.79. The maximum Gasteiger partial charge on any atom is 0.238 e. The lowest BCUT2D eigenvalue weighted by atomic mass is 10.1. The van der Waals surface area contributed by atoms with Crippen molar-refractivity contribution in [2.24, 2.45) is 5.14 Å². The van der Waals surface area contributed by atoms with E-state index in [0.29, 0.717) is 5.69 Å². The van der Waals surface area contributed by atoms with Crippen molar-refractivity contribution in [2.75, 3.05) is 5.32 Å². The Labute approximate surface area is 121 Å². The summed E-state index contributed by atoms with van der Waals surface area (Å²) < 4.78 is 48.5. The topological polar surface area (TPSA) is 72.2 Å². The largest absolute Gasteiger partial charge is 0.378 e. The summed E-state index contributed by atoms with van der Waals surface area (Å²) in [7, 11) is -3.73. The van der Waals surface area contributed by atoms with Crippen molar-refractivity contribution in [1.82, 2.24) is 0 Å². The van der Waals surface area contributed by atoms with E-state index in [1.807, 2.05) is 0 Å². The number of halogens is 2. The molecule has 0 aliphatic rings. The minimum absolute atomic E-state index is 0.00949. The fourth-order valence-electron chi connectivity index (χ4n) is 1.92. The van der Waals surface area contributed by atoms with Gasteiger partial charge in [0.2, 0.25) is 10.0 Å². The molecular formula is C14H14F2N2O2S. The van der Waals surface area contributed by atoms with Crippen LogP contribution in [0, 0.1) is 11.6 Å². The molecule has 2 rings (SSSR count). The number of benzene rings is 2. The van der Waals surface area contributed by atoms with E-state index >= 15 is 0 Å². The van der Waals surface area contributed by atoms with Crippen LogP contribution in [0.5, 0.6) is 0 Å². The maximum atomic E-state index is 13.1. The van der Waals surface area contributed by atoms with Gasteiger partial charge >= 0.3 is 0 Å². The molecule has 0 saturated carbocycles. The lowest BCUT2D eigenvalue weighted by Gasteiger charge is -2.16. The number of hydrogen-bond donors (Lipinski definition) is 2. The molecule has 0 bridgehead atoms. The van der Waals surface area contributed by atoms with Crippen LogP contribution in [-0.4, -0.2) is 8.42 Å². The number of sulfonamides is 1. The molecule has 2 aromatic carbocycles. The van der Waals surface area contributed by atoms with Crippen molar-refractivity contribution in [1.29, 1.82) is 0 Å². The van der Waals surface area contributed by atoms with Crippen molar-refractivity contribution in [3.05, 3.63) is 59.7 Å². The zero-order chi connectivity index (χ0) is 15.6. The molecule has 0 radical (unpaired) electrons. The summed E-state index contributed by atoms with van der Waals surface area (Å²) in [6, 6.07) is 8.83. The molecule has 0 aliphatic carbocycles. The van der Waals surface area contributed by atoms with Crippen molar-refractivity contribution in [3.8, 4) is 0 Å². The van der Waals surface area contributed by atoms with Gasteiger partial charge in [-0.1, -0.05) is 12.1 Å². The molecule has 4 nitrogen and oxygen atoms in total. The number of rotatable bonds is 4. The van der Waals surface area contributed by atoms with Gasteiger partial charge in [-0.05, 0) is 36.8 Å². The van der Waals surface area contributed by atoms with Gasteiger partial charge in [-0.25, -0.2) is 22.3 Å². The van der Waals surface area contributed by atoms with Crippen LogP contribution in [0.25, 0.3) is 0 Å². The van der Waals surface area contributed by atoms with Crippen LogP contribution in [0.15, 0.2) is 47.4 Å². The number of primary sulfonamides is 1. The van der Waals surface area contributed by atoms with Gasteiger partial charge in [-0.2, -0.15) is 0 Å². The van der Waals surface area contributed by atoms with Crippen LogP contribution >= 0.6 is 0 Å².